The molecule has 0 unspecified atom stereocenters. The fourth-order valence-corrected chi connectivity index (χ4v) is 3.40. The van der Waals surface area contributed by atoms with Crippen molar-refractivity contribution in [3.63, 3.8) is 0 Å². The van der Waals surface area contributed by atoms with Gasteiger partial charge in [-0.05, 0) is 37.9 Å². The fraction of sp³-hybridized carbons (Fsp3) is 0.158. The largest absolute Gasteiger partial charge is 0.324 e. The third-order valence-corrected chi connectivity index (χ3v) is 4.39. The van der Waals surface area contributed by atoms with E-state index in [1.54, 1.807) is 0 Å². The predicted octanol–water partition coefficient (Wildman–Crippen LogP) is 5.24. The summed E-state index contributed by atoms with van der Waals surface area (Å²) in [6.07, 6.45) is -2.71. The number of hydrogen-bond acceptors (Lipinski definition) is 1. The van der Waals surface area contributed by atoms with Gasteiger partial charge in [0.25, 0.3) is 0 Å². The minimum absolute atomic E-state index is 0.316. The normalized spacial score (nSPS) is 13.6. The summed E-state index contributed by atoms with van der Waals surface area (Å²) in [6.45, 7) is 0. The van der Waals surface area contributed by atoms with Gasteiger partial charge < -0.3 is 5.73 Å². The lowest BCUT2D eigenvalue weighted by Gasteiger charge is -2.17. The van der Waals surface area contributed by atoms with Crippen molar-refractivity contribution in [1.29, 1.82) is 0 Å². The second kappa shape index (κ2) is 4.89. The lowest BCUT2D eigenvalue weighted by molar-refractivity contribution is 0.128. The molecule has 0 aliphatic heterocycles. The maximum atomic E-state index is 12.7. The van der Waals surface area contributed by atoms with Crippen molar-refractivity contribution in [2.45, 2.75) is 18.9 Å². The molecule has 1 nitrogen and oxygen atoms in total. The van der Waals surface area contributed by atoms with Crippen molar-refractivity contribution in [1.82, 2.24) is 0 Å². The van der Waals surface area contributed by atoms with Crippen molar-refractivity contribution in [2.75, 3.05) is 0 Å². The van der Waals surface area contributed by atoms with E-state index in [-0.39, 0.29) is 6.42 Å². The van der Waals surface area contributed by atoms with Crippen LogP contribution in [0.2, 0.25) is 0 Å². The first kappa shape index (κ1) is 13.4. The van der Waals surface area contributed by atoms with Gasteiger partial charge in [-0.15, -0.1) is 0 Å². The molecule has 0 spiro atoms. The maximum Gasteiger partial charge on any atom is 0.240 e. The molecule has 1 atom stereocenters. The van der Waals surface area contributed by atoms with Gasteiger partial charge in [-0.3, -0.25) is 0 Å². The molecule has 0 heterocycles. The molecule has 0 aliphatic carbocycles. The first-order valence-electron chi connectivity index (χ1n) is 7.35. The average molecular weight is 295 g/mol. The van der Waals surface area contributed by atoms with E-state index >= 15 is 0 Å². The van der Waals surface area contributed by atoms with Gasteiger partial charge >= 0.3 is 0 Å². The van der Waals surface area contributed by atoms with E-state index < -0.39 is 12.5 Å². The Labute approximate surface area is 126 Å². The summed E-state index contributed by atoms with van der Waals surface area (Å²) in [5, 5.41) is 6.73. The second-order valence-corrected chi connectivity index (χ2v) is 5.74. The second-order valence-electron chi connectivity index (χ2n) is 5.74. The minimum atomic E-state index is -2.39. The van der Waals surface area contributed by atoms with Gasteiger partial charge in [0.2, 0.25) is 6.43 Å². The molecule has 0 radical (unpaired) electrons. The van der Waals surface area contributed by atoms with Crippen LogP contribution in [0.5, 0.6) is 0 Å². The topological polar surface area (TPSA) is 26.0 Å². The van der Waals surface area contributed by atoms with Crippen LogP contribution in [0.3, 0.4) is 0 Å². The minimum Gasteiger partial charge on any atom is -0.324 e. The maximum absolute atomic E-state index is 12.7. The zero-order valence-electron chi connectivity index (χ0n) is 11.9. The number of rotatable bonds is 3. The highest BCUT2D eigenvalue weighted by Gasteiger charge is 2.17. The Balaban J connectivity index is 2.08. The molecular weight excluding hydrogens is 280 g/mol. The quantitative estimate of drug-likeness (QED) is 0.514. The Hall–Kier alpha value is -2.26. The lowest BCUT2D eigenvalue weighted by Crippen LogP contribution is -2.14. The van der Waals surface area contributed by atoms with Crippen molar-refractivity contribution in [3.05, 3.63) is 60.2 Å². The summed E-state index contributed by atoms with van der Waals surface area (Å²) in [6, 6.07) is 17.6. The van der Waals surface area contributed by atoms with Crippen LogP contribution in [0.1, 0.15) is 18.0 Å². The van der Waals surface area contributed by atoms with E-state index in [9.17, 15) is 8.78 Å². The third-order valence-electron chi connectivity index (χ3n) is 4.39. The Bertz CT molecular complexity index is 946. The number of hydrogen-bond donors (Lipinski definition) is 1. The Morgan fingerprint density at radius 3 is 2.05 bits per heavy atom. The Morgan fingerprint density at radius 1 is 0.773 bits per heavy atom. The van der Waals surface area contributed by atoms with Crippen LogP contribution in [0, 0.1) is 0 Å². The highest BCUT2D eigenvalue weighted by molar-refractivity contribution is 6.23. The molecular formula is C19H15F2N. The van der Waals surface area contributed by atoms with E-state index in [1.807, 2.05) is 30.3 Å². The number of nitrogens with two attached hydrogens (primary N) is 1. The van der Waals surface area contributed by atoms with Gasteiger partial charge in [0.15, 0.2) is 0 Å². The summed E-state index contributed by atoms with van der Waals surface area (Å²) in [5.41, 5.74) is 6.81. The molecule has 0 fully saturated rings. The van der Waals surface area contributed by atoms with E-state index in [0.717, 1.165) is 32.5 Å². The van der Waals surface area contributed by atoms with Crippen LogP contribution in [0.4, 0.5) is 8.78 Å². The van der Waals surface area contributed by atoms with Crippen LogP contribution in [-0.4, -0.2) is 6.43 Å². The fourth-order valence-electron chi connectivity index (χ4n) is 3.40. The third kappa shape index (κ3) is 1.93. The molecule has 110 valence electrons. The number of alkyl halides is 2. The molecule has 22 heavy (non-hydrogen) atoms. The van der Waals surface area contributed by atoms with Crippen molar-refractivity contribution in [3.8, 4) is 0 Å². The summed E-state index contributed by atoms with van der Waals surface area (Å²) in [4.78, 5) is 0. The monoisotopic (exact) mass is 295 g/mol. The summed E-state index contributed by atoms with van der Waals surface area (Å²) in [7, 11) is 0. The van der Waals surface area contributed by atoms with Gasteiger partial charge in [0.1, 0.15) is 0 Å². The molecule has 0 saturated carbocycles. The molecule has 4 aromatic carbocycles. The summed E-state index contributed by atoms with van der Waals surface area (Å²) < 4.78 is 25.4. The highest BCUT2D eigenvalue weighted by Crippen LogP contribution is 2.37. The SMILES string of the molecule is N[C@@H](CC(F)F)c1ccc2ccc3cccc4ccc1c2c34. The zero-order chi connectivity index (χ0) is 15.3. The zero-order valence-corrected chi connectivity index (χ0v) is 11.9. The Morgan fingerprint density at radius 2 is 1.36 bits per heavy atom. The van der Waals surface area contributed by atoms with Crippen molar-refractivity contribution >= 4 is 32.3 Å². The molecule has 0 bridgehead atoms. The molecule has 4 rings (SSSR count). The standard InChI is InChI=1S/C19H15F2N/c20-17(21)10-16(22)14-8-6-13-5-4-11-2-1-3-12-7-9-15(14)19(13)18(11)12/h1-9,16-17H,10,22H2/t16-/m0/s1. The number of benzene rings is 4. The van der Waals surface area contributed by atoms with Crippen LogP contribution >= 0.6 is 0 Å². The molecule has 0 aromatic heterocycles. The molecule has 3 heteroatoms. The summed E-state index contributed by atoms with van der Waals surface area (Å²) in [5.74, 6) is 0. The molecule has 0 amide bonds. The predicted molar refractivity (Wildman–Crippen MR) is 87.7 cm³/mol. The van der Waals surface area contributed by atoms with E-state index in [4.69, 9.17) is 5.73 Å². The average Bonchev–Trinajstić information content (AvgIpc) is 2.51. The number of halogens is 2. The first-order valence-corrected chi connectivity index (χ1v) is 7.35. The lowest BCUT2D eigenvalue weighted by atomic mass is 9.89. The van der Waals surface area contributed by atoms with Crippen LogP contribution < -0.4 is 5.73 Å². The van der Waals surface area contributed by atoms with E-state index in [1.165, 1.54) is 5.39 Å². The Kier molecular flexibility index (Phi) is 2.98. The van der Waals surface area contributed by atoms with Crippen LogP contribution in [-0.2, 0) is 0 Å². The van der Waals surface area contributed by atoms with Gasteiger partial charge in [-0.2, -0.15) is 0 Å². The molecule has 2 N–H and O–H groups in total. The first-order chi connectivity index (χ1) is 10.6. The highest BCUT2D eigenvalue weighted by atomic mass is 19.3. The van der Waals surface area contributed by atoms with Gasteiger partial charge in [-0.1, -0.05) is 54.6 Å². The van der Waals surface area contributed by atoms with Gasteiger partial charge in [0, 0.05) is 12.5 Å². The van der Waals surface area contributed by atoms with Crippen molar-refractivity contribution < 1.29 is 8.78 Å². The molecule has 0 aliphatic rings. The van der Waals surface area contributed by atoms with Gasteiger partial charge in [-0.25, -0.2) is 8.78 Å². The smallest absolute Gasteiger partial charge is 0.240 e. The molecule has 4 aromatic rings. The van der Waals surface area contributed by atoms with Crippen LogP contribution in [0.15, 0.2) is 54.6 Å². The van der Waals surface area contributed by atoms with Crippen molar-refractivity contribution in [2.24, 2.45) is 5.73 Å². The summed E-state index contributed by atoms with van der Waals surface area (Å²) >= 11 is 0. The van der Waals surface area contributed by atoms with E-state index in [2.05, 4.69) is 24.3 Å². The molecule has 0 saturated heterocycles. The van der Waals surface area contributed by atoms with E-state index in [0.29, 0.717) is 0 Å². The van der Waals surface area contributed by atoms with Crippen LogP contribution in [0.25, 0.3) is 32.3 Å². The van der Waals surface area contributed by atoms with Gasteiger partial charge in [0.05, 0.1) is 0 Å².